The summed E-state index contributed by atoms with van der Waals surface area (Å²) in [4.78, 5) is 39.7. The van der Waals surface area contributed by atoms with E-state index in [1.54, 1.807) is 0 Å². The Labute approximate surface area is 166 Å². The van der Waals surface area contributed by atoms with E-state index in [0.29, 0.717) is 19.4 Å². The first kappa shape index (κ1) is 20.3. The Morgan fingerprint density at radius 1 is 1.11 bits per heavy atom. The molecule has 1 aromatic rings. The number of piperidine rings is 1. The third-order valence-corrected chi connectivity index (χ3v) is 5.04. The lowest BCUT2D eigenvalue weighted by Gasteiger charge is -2.36. The van der Waals surface area contributed by atoms with Crippen molar-refractivity contribution in [1.29, 1.82) is 0 Å². The smallest absolute Gasteiger partial charge is 0.320 e. The second-order valence-corrected chi connectivity index (χ2v) is 8.44. The van der Waals surface area contributed by atoms with Gasteiger partial charge >= 0.3 is 5.97 Å². The van der Waals surface area contributed by atoms with Crippen LogP contribution in [0.2, 0.25) is 0 Å². The number of nitrogens with one attached hydrogen (secondary N) is 1. The highest BCUT2D eigenvalue weighted by Gasteiger charge is 2.28. The summed E-state index contributed by atoms with van der Waals surface area (Å²) < 4.78 is 5.39. The number of amides is 2. The highest BCUT2D eigenvalue weighted by Crippen LogP contribution is 2.27. The number of imide groups is 1. The van der Waals surface area contributed by atoms with Crippen LogP contribution in [-0.4, -0.2) is 61.0 Å². The molecular weight excluding hydrogens is 358 g/mol. The van der Waals surface area contributed by atoms with Gasteiger partial charge in [0.15, 0.2) is 0 Å². The summed E-state index contributed by atoms with van der Waals surface area (Å²) in [7, 11) is 0. The number of esters is 1. The minimum atomic E-state index is -0.455. The fourth-order valence-electron chi connectivity index (χ4n) is 3.65. The van der Waals surface area contributed by atoms with E-state index in [4.69, 9.17) is 4.74 Å². The molecule has 1 atom stereocenters. The number of rotatable bonds is 4. The summed E-state index contributed by atoms with van der Waals surface area (Å²) in [6.45, 7) is 9.22. The standard InChI is InChI=1S/C21H29N3O4/c1-21(2,3)28-19(26)14-23-10-12-24(13-11-23)16-6-4-15(5-7-16)17-8-9-18(25)22-20(17)27/h4-7,17H,8-14H2,1-3H3,(H,22,25,27). The number of piperazine rings is 1. The Bertz CT molecular complexity index is 731. The second-order valence-electron chi connectivity index (χ2n) is 8.44. The van der Waals surface area contributed by atoms with Gasteiger partial charge in [0, 0.05) is 38.3 Å². The van der Waals surface area contributed by atoms with Gasteiger partial charge in [-0.3, -0.25) is 24.6 Å². The van der Waals surface area contributed by atoms with Crippen molar-refractivity contribution in [1.82, 2.24) is 10.2 Å². The number of ether oxygens (including phenoxy) is 1. The third-order valence-electron chi connectivity index (χ3n) is 5.04. The number of carbonyl (C=O) groups excluding carboxylic acids is 3. The molecule has 0 saturated carbocycles. The van der Waals surface area contributed by atoms with E-state index in [1.165, 1.54) is 0 Å². The van der Waals surface area contributed by atoms with Gasteiger partial charge in [-0.1, -0.05) is 12.1 Å². The van der Waals surface area contributed by atoms with E-state index in [0.717, 1.165) is 37.4 Å². The zero-order chi connectivity index (χ0) is 20.3. The zero-order valence-corrected chi connectivity index (χ0v) is 16.9. The van der Waals surface area contributed by atoms with Gasteiger partial charge in [0.25, 0.3) is 0 Å². The van der Waals surface area contributed by atoms with Gasteiger partial charge in [0.1, 0.15) is 5.60 Å². The SMILES string of the molecule is CC(C)(C)OC(=O)CN1CCN(c2ccc(C3CCC(=O)NC3=O)cc2)CC1. The monoisotopic (exact) mass is 387 g/mol. The van der Waals surface area contributed by atoms with Crippen LogP contribution in [0, 0.1) is 0 Å². The molecule has 0 bridgehead atoms. The van der Waals surface area contributed by atoms with Crippen LogP contribution in [0.25, 0.3) is 0 Å². The summed E-state index contributed by atoms with van der Waals surface area (Å²) in [6.07, 6.45) is 0.950. The third kappa shape index (κ3) is 5.32. The number of hydrogen-bond acceptors (Lipinski definition) is 6. The molecule has 2 aliphatic rings. The molecule has 28 heavy (non-hydrogen) atoms. The van der Waals surface area contributed by atoms with Crippen molar-refractivity contribution in [2.45, 2.75) is 45.1 Å². The van der Waals surface area contributed by atoms with Crippen LogP contribution in [0.1, 0.15) is 45.1 Å². The van der Waals surface area contributed by atoms with Crippen molar-refractivity contribution in [3.63, 3.8) is 0 Å². The van der Waals surface area contributed by atoms with Gasteiger partial charge in [0.05, 0.1) is 12.5 Å². The summed E-state index contributed by atoms with van der Waals surface area (Å²) >= 11 is 0. The molecule has 2 heterocycles. The predicted octanol–water partition coefficient (Wildman–Crippen LogP) is 1.67. The second kappa shape index (κ2) is 8.31. The molecular formula is C21H29N3O4. The average Bonchev–Trinajstić information content (AvgIpc) is 2.61. The van der Waals surface area contributed by atoms with Crippen LogP contribution in [0.5, 0.6) is 0 Å². The van der Waals surface area contributed by atoms with Gasteiger partial charge in [-0.15, -0.1) is 0 Å². The zero-order valence-electron chi connectivity index (χ0n) is 16.9. The predicted molar refractivity (Wildman–Crippen MR) is 106 cm³/mol. The molecule has 1 aromatic carbocycles. The van der Waals surface area contributed by atoms with Crippen molar-refractivity contribution in [2.24, 2.45) is 0 Å². The molecule has 1 unspecified atom stereocenters. The topological polar surface area (TPSA) is 79.0 Å². The van der Waals surface area contributed by atoms with Crippen molar-refractivity contribution in [3.05, 3.63) is 29.8 Å². The van der Waals surface area contributed by atoms with Gasteiger partial charge < -0.3 is 9.64 Å². The Hall–Kier alpha value is -2.41. The largest absolute Gasteiger partial charge is 0.459 e. The van der Waals surface area contributed by atoms with Crippen molar-refractivity contribution in [2.75, 3.05) is 37.6 Å². The van der Waals surface area contributed by atoms with E-state index < -0.39 is 5.60 Å². The minimum Gasteiger partial charge on any atom is -0.459 e. The molecule has 0 aromatic heterocycles. The Morgan fingerprint density at radius 2 is 1.75 bits per heavy atom. The molecule has 2 aliphatic heterocycles. The van der Waals surface area contributed by atoms with Crippen molar-refractivity contribution >= 4 is 23.5 Å². The Kier molecular flexibility index (Phi) is 6.03. The quantitative estimate of drug-likeness (QED) is 0.625. The number of benzene rings is 1. The lowest BCUT2D eigenvalue weighted by Crippen LogP contribution is -2.48. The van der Waals surface area contributed by atoms with E-state index in [1.807, 2.05) is 45.0 Å². The number of hydrogen-bond donors (Lipinski definition) is 1. The molecule has 1 N–H and O–H groups in total. The average molecular weight is 387 g/mol. The van der Waals surface area contributed by atoms with Crippen molar-refractivity contribution < 1.29 is 19.1 Å². The van der Waals surface area contributed by atoms with Crippen LogP contribution in [-0.2, 0) is 19.1 Å². The summed E-state index contributed by atoms with van der Waals surface area (Å²) in [5.74, 6) is -0.839. The minimum absolute atomic E-state index is 0.186. The molecule has 7 nitrogen and oxygen atoms in total. The van der Waals surface area contributed by atoms with E-state index in [2.05, 4.69) is 15.1 Å². The molecule has 2 amide bonds. The van der Waals surface area contributed by atoms with Crippen LogP contribution in [0.3, 0.4) is 0 Å². The summed E-state index contributed by atoms with van der Waals surface area (Å²) in [5, 5.41) is 2.41. The number of anilines is 1. The first-order valence-corrected chi connectivity index (χ1v) is 9.84. The molecule has 3 rings (SSSR count). The first-order chi connectivity index (χ1) is 13.2. The fraction of sp³-hybridized carbons (Fsp3) is 0.571. The van der Waals surface area contributed by atoms with Gasteiger partial charge in [0.2, 0.25) is 11.8 Å². The number of carbonyl (C=O) groups is 3. The first-order valence-electron chi connectivity index (χ1n) is 9.84. The molecule has 2 saturated heterocycles. The van der Waals surface area contributed by atoms with Gasteiger partial charge in [-0.2, -0.15) is 0 Å². The molecule has 0 radical (unpaired) electrons. The van der Waals surface area contributed by atoms with E-state index in [9.17, 15) is 14.4 Å². The highest BCUT2D eigenvalue weighted by atomic mass is 16.6. The van der Waals surface area contributed by atoms with Gasteiger partial charge in [-0.05, 0) is 44.9 Å². The van der Waals surface area contributed by atoms with Crippen LogP contribution >= 0.6 is 0 Å². The Morgan fingerprint density at radius 3 is 2.32 bits per heavy atom. The molecule has 0 aliphatic carbocycles. The molecule has 2 fully saturated rings. The summed E-state index contributed by atoms with van der Waals surface area (Å²) in [5.41, 5.74) is 1.59. The number of nitrogens with zero attached hydrogens (tertiary/aromatic N) is 2. The summed E-state index contributed by atoms with van der Waals surface area (Å²) in [6, 6.07) is 8.01. The van der Waals surface area contributed by atoms with Gasteiger partial charge in [-0.25, -0.2) is 0 Å². The van der Waals surface area contributed by atoms with Crippen LogP contribution in [0.4, 0.5) is 5.69 Å². The maximum atomic E-state index is 12.0. The highest BCUT2D eigenvalue weighted by molar-refractivity contribution is 6.00. The van der Waals surface area contributed by atoms with Crippen LogP contribution in [0.15, 0.2) is 24.3 Å². The lowest BCUT2D eigenvalue weighted by atomic mass is 9.90. The molecule has 152 valence electrons. The molecule has 0 spiro atoms. The lowest BCUT2D eigenvalue weighted by molar-refractivity contribution is -0.156. The normalized spacial score (nSPS) is 21.4. The maximum absolute atomic E-state index is 12.0. The fourth-order valence-corrected chi connectivity index (χ4v) is 3.65. The molecule has 7 heteroatoms. The van der Waals surface area contributed by atoms with E-state index in [-0.39, 0.29) is 23.7 Å². The van der Waals surface area contributed by atoms with Crippen LogP contribution < -0.4 is 10.2 Å². The van der Waals surface area contributed by atoms with Crippen molar-refractivity contribution in [3.8, 4) is 0 Å². The van der Waals surface area contributed by atoms with E-state index >= 15 is 0 Å². The maximum Gasteiger partial charge on any atom is 0.320 e. The Balaban J connectivity index is 1.51.